The molecule has 1 fully saturated rings. The molecule has 14 heavy (non-hydrogen) atoms. The molecule has 1 amide bonds. The van der Waals surface area contributed by atoms with Crippen LogP contribution < -0.4 is 5.32 Å². The molecular formula is C12H13NO. The Morgan fingerprint density at radius 1 is 1.29 bits per heavy atom. The van der Waals surface area contributed by atoms with Gasteiger partial charge in [0.25, 0.3) is 0 Å². The summed E-state index contributed by atoms with van der Waals surface area (Å²) in [6.07, 6.45) is 11.9. The number of allylic oxidation sites excluding steroid dienone is 5. The molecule has 0 aromatic rings. The van der Waals surface area contributed by atoms with Gasteiger partial charge in [0.15, 0.2) is 0 Å². The van der Waals surface area contributed by atoms with Crippen molar-refractivity contribution in [2.45, 2.75) is 6.42 Å². The number of nitrogens with one attached hydrogen (secondary N) is 1. The van der Waals surface area contributed by atoms with Crippen LogP contribution in [0.4, 0.5) is 0 Å². The van der Waals surface area contributed by atoms with Crippen LogP contribution in [-0.2, 0) is 4.79 Å². The SMILES string of the molecule is O=C1NCC2C1=CCC1C=CC=CC12. The zero-order valence-electron chi connectivity index (χ0n) is 7.94. The standard InChI is InChI=1S/C12H13NO/c14-12-10-6-5-8-3-1-2-4-9(8)11(10)7-13-12/h1-4,6,8-9,11H,5,7H2,(H,13,14). The Morgan fingerprint density at radius 2 is 2.14 bits per heavy atom. The van der Waals surface area contributed by atoms with Gasteiger partial charge in [-0.05, 0) is 18.3 Å². The van der Waals surface area contributed by atoms with Gasteiger partial charge in [-0.2, -0.15) is 0 Å². The average Bonchev–Trinajstić information content (AvgIpc) is 2.61. The lowest BCUT2D eigenvalue weighted by Crippen LogP contribution is -2.27. The van der Waals surface area contributed by atoms with Gasteiger partial charge in [0, 0.05) is 18.0 Å². The van der Waals surface area contributed by atoms with Crippen molar-refractivity contribution < 1.29 is 4.79 Å². The number of carbonyl (C=O) groups excluding carboxylic acids is 1. The summed E-state index contributed by atoms with van der Waals surface area (Å²) in [7, 11) is 0. The van der Waals surface area contributed by atoms with Crippen LogP contribution in [0.3, 0.4) is 0 Å². The predicted molar refractivity (Wildman–Crippen MR) is 54.5 cm³/mol. The van der Waals surface area contributed by atoms with E-state index in [0.29, 0.717) is 17.8 Å². The van der Waals surface area contributed by atoms with E-state index in [1.165, 1.54) is 0 Å². The summed E-state index contributed by atoms with van der Waals surface area (Å²) in [5.41, 5.74) is 1.02. The molecule has 72 valence electrons. The third-order valence-electron chi connectivity index (χ3n) is 3.52. The smallest absolute Gasteiger partial charge is 0.247 e. The molecule has 3 unspecified atom stereocenters. The Morgan fingerprint density at radius 3 is 3.07 bits per heavy atom. The molecule has 0 radical (unpaired) electrons. The average molecular weight is 187 g/mol. The fraction of sp³-hybridized carbons (Fsp3) is 0.417. The van der Waals surface area contributed by atoms with Crippen LogP contribution in [0.2, 0.25) is 0 Å². The summed E-state index contributed by atoms with van der Waals surface area (Å²) in [6.45, 7) is 0.823. The number of hydrogen-bond donors (Lipinski definition) is 1. The molecular weight excluding hydrogens is 174 g/mol. The molecule has 0 saturated carbocycles. The fourth-order valence-electron chi connectivity index (χ4n) is 2.77. The van der Waals surface area contributed by atoms with Crippen LogP contribution >= 0.6 is 0 Å². The molecule has 3 rings (SSSR count). The summed E-state index contributed by atoms with van der Waals surface area (Å²) in [5.74, 6) is 1.72. The van der Waals surface area contributed by atoms with Crippen molar-refractivity contribution in [1.82, 2.24) is 5.32 Å². The molecule has 1 N–H and O–H groups in total. The van der Waals surface area contributed by atoms with E-state index in [2.05, 4.69) is 35.7 Å². The topological polar surface area (TPSA) is 29.1 Å². The van der Waals surface area contributed by atoms with Gasteiger partial charge in [0.2, 0.25) is 5.91 Å². The zero-order valence-corrected chi connectivity index (χ0v) is 7.94. The highest BCUT2D eigenvalue weighted by Gasteiger charge is 2.39. The molecule has 0 aromatic heterocycles. The summed E-state index contributed by atoms with van der Waals surface area (Å²) in [5, 5.41) is 2.93. The van der Waals surface area contributed by atoms with Gasteiger partial charge in [-0.15, -0.1) is 0 Å². The van der Waals surface area contributed by atoms with E-state index >= 15 is 0 Å². The molecule has 0 bridgehead atoms. The number of rotatable bonds is 0. The van der Waals surface area contributed by atoms with Crippen molar-refractivity contribution >= 4 is 5.91 Å². The van der Waals surface area contributed by atoms with E-state index in [0.717, 1.165) is 18.5 Å². The summed E-state index contributed by atoms with van der Waals surface area (Å²) < 4.78 is 0. The maximum Gasteiger partial charge on any atom is 0.247 e. The lowest BCUT2D eigenvalue weighted by Gasteiger charge is -2.32. The van der Waals surface area contributed by atoms with Crippen LogP contribution in [0.1, 0.15) is 6.42 Å². The number of hydrogen-bond acceptors (Lipinski definition) is 1. The minimum Gasteiger partial charge on any atom is -0.352 e. The first-order valence-corrected chi connectivity index (χ1v) is 5.19. The Bertz CT molecular complexity index is 365. The molecule has 3 atom stereocenters. The number of fused-ring (bicyclic) bond motifs is 3. The lowest BCUT2D eigenvalue weighted by atomic mass is 9.71. The van der Waals surface area contributed by atoms with Gasteiger partial charge < -0.3 is 5.32 Å². The Balaban J connectivity index is 1.98. The van der Waals surface area contributed by atoms with Crippen molar-refractivity contribution in [3.63, 3.8) is 0 Å². The Labute approximate surface area is 83.4 Å². The van der Waals surface area contributed by atoms with Crippen molar-refractivity contribution in [3.8, 4) is 0 Å². The van der Waals surface area contributed by atoms with Crippen LogP contribution in [0.5, 0.6) is 0 Å². The second-order valence-corrected chi connectivity index (χ2v) is 4.22. The summed E-state index contributed by atoms with van der Waals surface area (Å²) >= 11 is 0. The quantitative estimate of drug-likeness (QED) is 0.610. The van der Waals surface area contributed by atoms with Gasteiger partial charge in [0.1, 0.15) is 0 Å². The molecule has 2 heteroatoms. The third kappa shape index (κ3) is 0.999. The highest BCUT2D eigenvalue weighted by Crippen LogP contribution is 2.40. The minimum atomic E-state index is 0.149. The van der Waals surface area contributed by atoms with Crippen LogP contribution in [0, 0.1) is 17.8 Å². The highest BCUT2D eigenvalue weighted by molar-refractivity contribution is 5.96. The van der Waals surface area contributed by atoms with Crippen LogP contribution in [0.15, 0.2) is 36.0 Å². The normalized spacial score (nSPS) is 38.7. The minimum absolute atomic E-state index is 0.149. The maximum absolute atomic E-state index is 11.5. The molecule has 1 aliphatic heterocycles. The van der Waals surface area contributed by atoms with Crippen molar-refractivity contribution in [2.24, 2.45) is 17.8 Å². The Kier molecular flexibility index (Phi) is 1.63. The monoisotopic (exact) mass is 187 g/mol. The van der Waals surface area contributed by atoms with E-state index in [-0.39, 0.29) is 5.91 Å². The molecule has 1 heterocycles. The van der Waals surface area contributed by atoms with Crippen molar-refractivity contribution in [1.29, 1.82) is 0 Å². The van der Waals surface area contributed by atoms with Crippen LogP contribution in [0.25, 0.3) is 0 Å². The first-order chi connectivity index (χ1) is 6.86. The van der Waals surface area contributed by atoms with Gasteiger partial charge in [-0.25, -0.2) is 0 Å². The van der Waals surface area contributed by atoms with E-state index in [1.54, 1.807) is 0 Å². The van der Waals surface area contributed by atoms with Crippen molar-refractivity contribution in [3.05, 3.63) is 36.0 Å². The molecule has 3 aliphatic rings. The third-order valence-corrected chi connectivity index (χ3v) is 3.52. The van der Waals surface area contributed by atoms with Crippen LogP contribution in [-0.4, -0.2) is 12.5 Å². The predicted octanol–water partition coefficient (Wildman–Crippen LogP) is 1.42. The second kappa shape index (κ2) is 2.84. The number of amides is 1. The maximum atomic E-state index is 11.5. The highest BCUT2D eigenvalue weighted by atomic mass is 16.2. The first kappa shape index (κ1) is 8.04. The molecule has 2 aliphatic carbocycles. The van der Waals surface area contributed by atoms with E-state index < -0.39 is 0 Å². The van der Waals surface area contributed by atoms with E-state index in [1.807, 2.05) is 0 Å². The van der Waals surface area contributed by atoms with Crippen molar-refractivity contribution in [2.75, 3.05) is 6.54 Å². The Hall–Kier alpha value is -1.31. The summed E-state index contributed by atoms with van der Waals surface area (Å²) in [4.78, 5) is 11.5. The molecule has 0 aromatic carbocycles. The van der Waals surface area contributed by atoms with Gasteiger partial charge in [-0.1, -0.05) is 30.4 Å². The van der Waals surface area contributed by atoms with Gasteiger partial charge >= 0.3 is 0 Å². The first-order valence-electron chi connectivity index (χ1n) is 5.19. The van der Waals surface area contributed by atoms with Gasteiger partial charge in [-0.3, -0.25) is 4.79 Å². The largest absolute Gasteiger partial charge is 0.352 e. The van der Waals surface area contributed by atoms with E-state index in [4.69, 9.17) is 0 Å². The lowest BCUT2D eigenvalue weighted by molar-refractivity contribution is -0.116. The molecule has 0 spiro atoms. The fourth-order valence-corrected chi connectivity index (χ4v) is 2.77. The summed E-state index contributed by atoms with van der Waals surface area (Å²) in [6, 6.07) is 0. The molecule has 1 saturated heterocycles. The van der Waals surface area contributed by atoms with E-state index in [9.17, 15) is 4.79 Å². The zero-order chi connectivity index (χ0) is 9.54. The molecule has 2 nitrogen and oxygen atoms in total. The van der Waals surface area contributed by atoms with Gasteiger partial charge in [0.05, 0.1) is 0 Å². The second-order valence-electron chi connectivity index (χ2n) is 4.22. The number of carbonyl (C=O) groups is 1.